The van der Waals surface area contributed by atoms with Gasteiger partial charge in [-0.1, -0.05) is 27.7 Å². The Balaban J connectivity index is 5.05. The Morgan fingerprint density at radius 3 is 1.74 bits per heavy atom. The molecule has 0 radical (unpaired) electrons. The smallest absolute Gasteiger partial charge is 0.326 e. The Labute approximate surface area is 183 Å². The standard InChI is InChI=1S/C20H37N5O6/c1-10(2)8-13(21)18(28)25-15(9-11(3)4)19(29)23-12(5)17(27)24-14(20(30)31)6-7-16(22)26/h10-15H,6-9,21H2,1-5H3,(H2,22,26)(H,23,29)(H,24,27)(H,25,28)(H,30,31)/t12-,13-,14-,15-/m0/s1. The van der Waals surface area contributed by atoms with Gasteiger partial charge in [-0.3, -0.25) is 19.2 Å². The number of primary amides is 1. The van der Waals surface area contributed by atoms with E-state index in [2.05, 4.69) is 16.0 Å². The fourth-order valence-corrected chi connectivity index (χ4v) is 2.82. The summed E-state index contributed by atoms with van der Waals surface area (Å²) in [6.45, 7) is 9.01. The highest BCUT2D eigenvalue weighted by atomic mass is 16.4. The van der Waals surface area contributed by atoms with Crippen molar-refractivity contribution >= 4 is 29.6 Å². The van der Waals surface area contributed by atoms with E-state index in [1.807, 2.05) is 27.7 Å². The number of rotatable bonds is 14. The molecule has 0 rings (SSSR count). The van der Waals surface area contributed by atoms with Gasteiger partial charge in [0.05, 0.1) is 6.04 Å². The minimum atomic E-state index is -1.32. The lowest BCUT2D eigenvalue weighted by molar-refractivity contribution is -0.142. The number of nitrogens with one attached hydrogen (secondary N) is 3. The zero-order valence-electron chi connectivity index (χ0n) is 18.9. The normalized spacial score (nSPS) is 15.0. The van der Waals surface area contributed by atoms with Crippen LogP contribution in [-0.4, -0.2) is 58.9 Å². The molecule has 0 aliphatic heterocycles. The van der Waals surface area contributed by atoms with E-state index in [-0.39, 0.29) is 24.7 Å². The first-order chi connectivity index (χ1) is 14.2. The van der Waals surface area contributed by atoms with Crippen molar-refractivity contribution < 1.29 is 29.1 Å². The number of nitrogens with two attached hydrogens (primary N) is 2. The zero-order chi connectivity index (χ0) is 24.3. The highest BCUT2D eigenvalue weighted by Crippen LogP contribution is 2.08. The maximum Gasteiger partial charge on any atom is 0.326 e. The third kappa shape index (κ3) is 11.9. The summed E-state index contributed by atoms with van der Waals surface area (Å²) in [7, 11) is 0. The van der Waals surface area contributed by atoms with E-state index in [1.54, 1.807) is 0 Å². The number of hydrogen-bond donors (Lipinski definition) is 6. The van der Waals surface area contributed by atoms with E-state index < -0.39 is 53.8 Å². The molecular weight excluding hydrogens is 406 g/mol. The van der Waals surface area contributed by atoms with Gasteiger partial charge in [0.2, 0.25) is 23.6 Å². The van der Waals surface area contributed by atoms with Crippen molar-refractivity contribution in [3.8, 4) is 0 Å². The summed E-state index contributed by atoms with van der Waals surface area (Å²) < 4.78 is 0. The minimum absolute atomic E-state index is 0.0756. The van der Waals surface area contributed by atoms with Gasteiger partial charge in [0.15, 0.2) is 0 Å². The first kappa shape index (κ1) is 28.3. The summed E-state index contributed by atoms with van der Waals surface area (Å²) in [5, 5.41) is 16.6. The molecule has 0 bridgehead atoms. The maximum absolute atomic E-state index is 12.7. The molecule has 0 unspecified atom stereocenters. The average Bonchev–Trinajstić information content (AvgIpc) is 2.62. The van der Waals surface area contributed by atoms with Crippen LogP contribution < -0.4 is 27.4 Å². The molecular formula is C20H37N5O6. The molecule has 8 N–H and O–H groups in total. The number of carboxylic acid groups (broad SMARTS) is 1. The molecule has 0 spiro atoms. The van der Waals surface area contributed by atoms with Gasteiger partial charge >= 0.3 is 5.97 Å². The molecule has 0 aromatic rings. The van der Waals surface area contributed by atoms with E-state index >= 15 is 0 Å². The molecule has 4 amide bonds. The number of carbonyl (C=O) groups excluding carboxylic acids is 4. The van der Waals surface area contributed by atoms with E-state index in [0.717, 1.165) is 0 Å². The molecule has 0 saturated heterocycles. The average molecular weight is 444 g/mol. The summed E-state index contributed by atoms with van der Waals surface area (Å²) in [6, 6.07) is -4.05. The largest absolute Gasteiger partial charge is 0.480 e. The monoisotopic (exact) mass is 443 g/mol. The summed E-state index contributed by atoms with van der Waals surface area (Å²) in [6.07, 6.45) is 0.410. The molecule has 178 valence electrons. The van der Waals surface area contributed by atoms with Gasteiger partial charge in [-0.05, 0) is 38.0 Å². The molecule has 11 nitrogen and oxygen atoms in total. The Morgan fingerprint density at radius 2 is 1.29 bits per heavy atom. The van der Waals surface area contributed by atoms with Crippen molar-refractivity contribution in [1.29, 1.82) is 0 Å². The quantitative estimate of drug-likeness (QED) is 0.203. The lowest BCUT2D eigenvalue weighted by Gasteiger charge is -2.25. The van der Waals surface area contributed by atoms with Crippen molar-refractivity contribution in [1.82, 2.24) is 16.0 Å². The molecule has 0 aromatic heterocycles. The van der Waals surface area contributed by atoms with Gasteiger partial charge in [0, 0.05) is 6.42 Å². The van der Waals surface area contributed by atoms with Gasteiger partial charge in [0.1, 0.15) is 18.1 Å². The highest BCUT2D eigenvalue weighted by Gasteiger charge is 2.29. The van der Waals surface area contributed by atoms with Crippen LogP contribution in [0, 0.1) is 11.8 Å². The van der Waals surface area contributed by atoms with Crippen LogP contribution in [0.25, 0.3) is 0 Å². The maximum atomic E-state index is 12.7. The van der Waals surface area contributed by atoms with Crippen molar-refractivity contribution in [3.63, 3.8) is 0 Å². The summed E-state index contributed by atoms with van der Waals surface area (Å²) >= 11 is 0. The Kier molecular flexibility index (Phi) is 12.4. The first-order valence-corrected chi connectivity index (χ1v) is 10.4. The molecule has 11 heteroatoms. The third-order valence-electron chi connectivity index (χ3n) is 4.45. The summed E-state index contributed by atoms with van der Waals surface area (Å²) in [5.41, 5.74) is 10.9. The number of amides is 4. The number of carbonyl (C=O) groups is 5. The second kappa shape index (κ2) is 13.6. The van der Waals surface area contributed by atoms with Gasteiger partial charge in [-0.2, -0.15) is 0 Å². The lowest BCUT2D eigenvalue weighted by atomic mass is 10.0. The summed E-state index contributed by atoms with van der Waals surface area (Å²) in [4.78, 5) is 59.5. The van der Waals surface area contributed by atoms with E-state index in [0.29, 0.717) is 12.8 Å². The fraction of sp³-hybridized carbons (Fsp3) is 0.750. The van der Waals surface area contributed by atoms with Crippen LogP contribution in [-0.2, 0) is 24.0 Å². The van der Waals surface area contributed by atoms with Crippen LogP contribution in [0.4, 0.5) is 0 Å². The van der Waals surface area contributed by atoms with Crippen LogP contribution in [0.5, 0.6) is 0 Å². The van der Waals surface area contributed by atoms with E-state index in [4.69, 9.17) is 11.5 Å². The molecule has 0 aromatic carbocycles. The molecule has 31 heavy (non-hydrogen) atoms. The van der Waals surface area contributed by atoms with Crippen LogP contribution in [0.1, 0.15) is 60.3 Å². The Bertz CT molecular complexity index is 652. The number of aliphatic carboxylic acids is 1. The third-order valence-corrected chi connectivity index (χ3v) is 4.45. The highest BCUT2D eigenvalue weighted by molar-refractivity contribution is 5.94. The van der Waals surface area contributed by atoms with Crippen molar-refractivity contribution in [2.45, 2.75) is 84.5 Å². The van der Waals surface area contributed by atoms with Crippen LogP contribution in [0.15, 0.2) is 0 Å². The molecule has 4 atom stereocenters. The minimum Gasteiger partial charge on any atom is -0.480 e. The lowest BCUT2D eigenvalue weighted by Crippen LogP contribution is -2.56. The Morgan fingerprint density at radius 1 is 0.774 bits per heavy atom. The number of hydrogen-bond acceptors (Lipinski definition) is 6. The van der Waals surface area contributed by atoms with Crippen LogP contribution in [0.3, 0.4) is 0 Å². The predicted octanol–water partition coefficient (Wildman–Crippen LogP) is -0.770. The van der Waals surface area contributed by atoms with E-state index in [9.17, 15) is 29.1 Å². The van der Waals surface area contributed by atoms with Gasteiger partial charge in [-0.25, -0.2) is 4.79 Å². The molecule has 0 fully saturated rings. The van der Waals surface area contributed by atoms with Gasteiger partial charge < -0.3 is 32.5 Å². The van der Waals surface area contributed by atoms with Gasteiger partial charge in [0.25, 0.3) is 0 Å². The van der Waals surface area contributed by atoms with Crippen molar-refractivity contribution in [2.24, 2.45) is 23.3 Å². The SMILES string of the molecule is CC(C)C[C@H](NC(=O)[C@@H](N)CC(C)C)C(=O)N[C@@H](C)C(=O)N[C@@H](CCC(N)=O)C(=O)O. The van der Waals surface area contributed by atoms with Gasteiger partial charge in [-0.15, -0.1) is 0 Å². The van der Waals surface area contributed by atoms with Crippen molar-refractivity contribution in [2.75, 3.05) is 0 Å². The second-order valence-electron chi connectivity index (χ2n) is 8.56. The first-order valence-electron chi connectivity index (χ1n) is 10.4. The number of carboxylic acids is 1. The zero-order valence-corrected chi connectivity index (χ0v) is 18.9. The summed E-state index contributed by atoms with van der Waals surface area (Å²) in [5.74, 6) is -3.50. The van der Waals surface area contributed by atoms with Crippen LogP contribution >= 0.6 is 0 Å². The second-order valence-corrected chi connectivity index (χ2v) is 8.56. The molecule has 0 saturated carbocycles. The van der Waals surface area contributed by atoms with Crippen molar-refractivity contribution in [3.05, 3.63) is 0 Å². The van der Waals surface area contributed by atoms with Crippen LogP contribution in [0.2, 0.25) is 0 Å². The topological polar surface area (TPSA) is 194 Å². The molecule has 0 aliphatic carbocycles. The molecule has 0 aliphatic rings. The van der Waals surface area contributed by atoms with E-state index in [1.165, 1.54) is 6.92 Å². The fourth-order valence-electron chi connectivity index (χ4n) is 2.82. The molecule has 0 heterocycles. The Hall–Kier alpha value is -2.69. The predicted molar refractivity (Wildman–Crippen MR) is 114 cm³/mol.